The number of ether oxygens (including phenoxy) is 1. The van der Waals surface area contributed by atoms with Crippen LogP contribution in [0.15, 0.2) is 54.6 Å². The van der Waals surface area contributed by atoms with Crippen LogP contribution < -0.4 is 4.90 Å². The van der Waals surface area contributed by atoms with E-state index in [0.717, 1.165) is 17.7 Å². The first-order chi connectivity index (χ1) is 12.6. The number of carbonyl (C=O) groups excluding carboxylic acids is 3. The van der Waals surface area contributed by atoms with Crippen molar-refractivity contribution >= 4 is 23.3 Å². The van der Waals surface area contributed by atoms with Gasteiger partial charge in [-0.05, 0) is 30.0 Å². The van der Waals surface area contributed by atoms with E-state index in [0.29, 0.717) is 13.0 Å². The second-order valence-electron chi connectivity index (χ2n) is 6.26. The summed E-state index contributed by atoms with van der Waals surface area (Å²) in [5.41, 5.74) is 2.95. The minimum Gasteiger partial charge on any atom is -0.455 e. The monoisotopic (exact) mass is 351 g/mol. The van der Waals surface area contributed by atoms with Gasteiger partial charge in [-0.1, -0.05) is 48.5 Å². The molecule has 0 bridgehead atoms. The summed E-state index contributed by atoms with van der Waals surface area (Å²) in [5, 5.41) is 0. The smallest absolute Gasteiger partial charge is 0.374 e. The first kappa shape index (κ1) is 17.9. The lowest BCUT2D eigenvalue weighted by Gasteiger charge is -2.17. The summed E-state index contributed by atoms with van der Waals surface area (Å²) in [6.07, 6.45) is 1.46. The predicted octanol–water partition coefficient (Wildman–Crippen LogP) is 3.06. The number of ketones is 1. The zero-order valence-electron chi connectivity index (χ0n) is 14.5. The highest BCUT2D eigenvalue weighted by atomic mass is 16.5. The quantitative estimate of drug-likeness (QED) is 0.568. The molecule has 0 saturated heterocycles. The Morgan fingerprint density at radius 2 is 1.65 bits per heavy atom. The topological polar surface area (TPSA) is 63.7 Å². The number of amides is 1. The zero-order valence-corrected chi connectivity index (χ0v) is 14.5. The number of fused-ring (bicyclic) bond motifs is 1. The maximum atomic E-state index is 12.4. The third kappa shape index (κ3) is 4.36. The number of nitrogens with zero attached hydrogens (tertiary/aromatic N) is 1. The minimum absolute atomic E-state index is 0.0135. The van der Waals surface area contributed by atoms with Crippen LogP contribution in [0.5, 0.6) is 0 Å². The van der Waals surface area contributed by atoms with E-state index in [9.17, 15) is 14.4 Å². The Morgan fingerprint density at radius 3 is 2.46 bits per heavy atom. The molecule has 0 fully saturated rings. The van der Waals surface area contributed by atoms with Gasteiger partial charge >= 0.3 is 5.97 Å². The molecule has 0 spiro atoms. The lowest BCUT2D eigenvalue weighted by Crippen LogP contribution is -2.28. The van der Waals surface area contributed by atoms with Crippen LogP contribution in [0.3, 0.4) is 0 Å². The number of Topliss-reactive ketones (excluding diaryl/α,β-unsaturated/α-hetero) is 1. The minimum atomic E-state index is -0.840. The standard InChI is InChI=1S/C21H21NO4/c23-19(21(25)26-15-16-7-2-1-3-8-16)11-6-12-20(24)22-14-13-17-9-4-5-10-18(17)22/h1-5,7-10H,6,11-15H2. The molecule has 3 rings (SSSR count). The molecule has 0 radical (unpaired) electrons. The molecule has 5 heteroatoms. The number of hydrogen-bond donors (Lipinski definition) is 0. The Morgan fingerprint density at radius 1 is 0.923 bits per heavy atom. The summed E-state index contributed by atoms with van der Waals surface area (Å²) in [6.45, 7) is 0.750. The Balaban J connectivity index is 1.41. The van der Waals surface area contributed by atoms with Crippen molar-refractivity contribution in [2.75, 3.05) is 11.4 Å². The molecule has 2 aromatic rings. The number of carbonyl (C=O) groups is 3. The fraction of sp³-hybridized carbons (Fsp3) is 0.286. The Labute approximate surface area is 152 Å². The van der Waals surface area contributed by atoms with E-state index in [-0.39, 0.29) is 25.4 Å². The Hall–Kier alpha value is -2.95. The molecule has 1 aliphatic rings. The second-order valence-corrected chi connectivity index (χ2v) is 6.26. The molecule has 0 aliphatic carbocycles. The molecule has 0 unspecified atom stereocenters. The van der Waals surface area contributed by atoms with Gasteiger partial charge in [-0.15, -0.1) is 0 Å². The van der Waals surface area contributed by atoms with Crippen molar-refractivity contribution < 1.29 is 19.1 Å². The van der Waals surface area contributed by atoms with E-state index >= 15 is 0 Å². The van der Waals surface area contributed by atoms with Crippen LogP contribution >= 0.6 is 0 Å². The summed E-state index contributed by atoms with van der Waals surface area (Å²) >= 11 is 0. The third-order valence-corrected chi connectivity index (χ3v) is 4.42. The summed E-state index contributed by atoms with van der Waals surface area (Å²) in [5.74, 6) is -1.44. The predicted molar refractivity (Wildman–Crippen MR) is 97.6 cm³/mol. The molecule has 0 saturated carbocycles. The molecule has 26 heavy (non-hydrogen) atoms. The molecule has 1 amide bonds. The van der Waals surface area contributed by atoms with Gasteiger partial charge in [0.25, 0.3) is 0 Å². The van der Waals surface area contributed by atoms with Crippen molar-refractivity contribution in [1.82, 2.24) is 0 Å². The van der Waals surface area contributed by atoms with Crippen LogP contribution in [-0.4, -0.2) is 24.2 Å². The maximum absolute atomic E-state index is 12.4. The average Bonchev–Trinajstić information content (AvgIpc) is 3.11. The molecule has 2 aromatic carbocycles. The SMILES string of the molecule is O=C(CCCC(=O)N1CCc2ccccc21)C(=O)OCc1ccccc1. The molecule has 134 valence electrons. The maximum Gasteiger partial charge on any atom is 0.374 e. The van der Waals surface area contributed by atoms with E-state index < -0.39 is 11.8 Å². The number of benzene rings is 2. The first-order valence-corrected chi connectivity index (χ1v) is 8.77. The van der Waals surface area contributed by atoms with Gasteiger partial charge in [0.05, 0.1) is 0 Å². The largest absolute Gasteiger partial charge is 0.455 e. The van der Waals surface area contributed by atoms with E-state index in [1.54, 1.807) is 4.90 Å². The fourth-order valence-corrected chi connectivity index (χ4v) is 3.04. The van der Waals surface area contributed by atoms with Crippen molar-refractivity contribution in [2.45, 2.75) is 32.3 Å². The molecule has 0 N–H and O–H groups in total. The third-order valence-electron chi connectivity index (χ3n) is 4.42. The highest BCUT2D eigenvalue weighted by Gasteiger charge is 2.24. The highest BCUT2D eigenvalue weighted by molar-refractivity contribution is 6.33. The van der Waals surface area contributed by atoms with Crippen molar-refractivity contribution in [3.05, 3.63) is 65.7 Å². The van der Waals surface area contributed by atoms with Gasteiger partial charge in [0, 0.05) is 25.1 Å². The van der Waals surface area contributed by atoms with Crippen molar-refractivity contribution in [3.8, 4) is 0 Å². The summed E-state index contributed by atoms with van der Waals surface area (Å²) in [7, 11) is 0. The molecule has 1 aliphatic heterocycles. The van der Waals surface area contributed by atoms with Crippen LogP contribution in [0, 0.1) is 0 Å². The average molecular weight is 351 g/mol. The number of anilines is 1. The van der Waals surface area contributed by atoms with Gasteiger partial charge in [0.2, 0.25) is 11.7 Å². The van der Waals surface area contributed by atoms with Crippen molar-refractivity contribution in [1.29, 1.82) is 0 Å². The van der Waals surface area contributed by atoms with E-state index in [1.165, 1.54) is 5.56 Å². The zero-order chi connectivity index (χ0) is 18.4. The number of para-hydroxylation sites is 1. The lowest BCUT2D eigenvalue weighted by atomic mass is 10.1. The van der Waals surface area contributed by atoms with Gasteiger partial charge < -0.3 is 9.64 Å². The number of rotatable bonds is 7. The molecular weight excluding hydrogens is 330 g/mol. The van der Waals surface area contributed by atoms with Crippen molar-refractivity contribution in [3.63, 3.8) is 0 Å². The van der Waals surface area contributed by atoms with Gasteiger partial charge in [0.15, 0.2) is 0 Å². The van der Waals surface area contributed by atoms with Gasteiger partial charge in [-0.25, -0.2) is 4.79 Å². The summed E-state index contributed by atoms with van der Waals surface area (Å²) in [6, 6.07) is 17.0. The van der Waals surface area contributed by atoms with Gasteiger partial charge in [0.1, 0.15) is 6.61 Å². The lowest BCUT2D eigenvalue weighted by molar-refractivity contribution is -0.155. The molecule has 5 nitrogen and oxygen atoms in total. The van der Waals surface area contributed by atoms with Crippen LogP contribution in [0.2, 0.25) is 0 Å². The van der Waals surface area contributed by atoms with Crippen LogP contribution in [0.25, 0.3) is 0 Å². The van der Waals surface area contributed by atoms with E-state index in [4.69, 9.17) is 4.74 Å². The summed E-state index contributed by atoms with van der Waals surface area (Å²) in [4.78, 5) is 37.7. The molecular formula is C21H21NO4. The normalized spacial score (nSPS) is 12.5. The Kier molecular flexibility index (Phi) is 5.79. The molecule has 0 atom stereocenters. The Bertz CT molecular complexity index is 801. The highest BCUT2D eigenvalue weighted by Crippen LogP contribution is 2.28. The van der Waals surface area contributed by atoms with E-state index in [2.05, 4.69) is 0 Å². The fourth-order valence-electron chi connectivity index (χ4n) is 3.04. The summed E-state index contributed by atoms with van der Waals surface area (Å²) < 4.78 is 5.01. The van der Waals surface area contributed by atoms with Gasteiger partial charge in [-0.3, -0.25) is 9.59 Å². The van der Waals surface area contributed by atoms with Crippen LogP contribution in [0.1, 0.15) is 30.4 Å². The second kappa shape index (κ2) is 8.43. The molecule has 1 heterocycles. The number of hydrogen-bond acceptors (Lipinski definition) is 4. The van der Waals surface area contributed by atoms with Crippen molar-refractivity contribution in [2.24, 2.45) is 0 Å². The first-order valence-electron chi connectivity index (χ1n) is 8.77. The molecule has 0 aromatic heterocycles. The van der Waals surface area contributed by atoms with Gasteiger partial charge in [-0.2, -0.15) is 0 Å². The van der Waals surface area contributed by atoms with E-state index in [1.807, 2.05) is 54.6 Å². The number of esters is 1. The van der Waals surface area contributed by atoms with Crippen LogP contribution in [0.4, 0.5) is 5.69 Å². The van der Waals surface area contributed by atoms with Crippen LogP contribution in [-0.2, 0) is 32.1 Å².